The highest BCUT2D eigenvalue weighted by Gasteiger charge is 2.35. The molecule has 2 unspecified atom stereocenters. The van der Waals surface area contributed by atoms with Crippen LogP contribution in [0.3, 0.4) is 0 Å². The largest absolute Gasteiger partial charge is 0.334 e. The molecule has 2 rings (SSSR count). The maximum atomic E-state index is 12.4. The summed E-state index contributed by atoms with van der Waals surface area (Å²) in [6, 6.07) is 10.6. The molecule has 104 valence electrons. The number of amides is 1. The van der Waals surface area contributed by atoms with Crippen LogP contribution in [-0.2, 0) is 4.79 Å². The molecule has 1 aromatic carbocycles. The molecule has 3 nitrogen and oxygen atoms in total. The molecule has 1 heterocycles. The lowest BCUT2D eigenvalue weighted by Crippen LogP contribution is -2.39. The molecule has 0 spiro atoms. The van der Waals surface area contributed by atoms with Gasteiger partial charge in [0.25, 0.3) is 0 Å². The number of benzene rings is 1. The van der Waals surface area contributed by atoms with E-state index in [2.05, 4.69) is 31.3 Å². The maximum absolute atomic E-state index is 12.4. The lowest BCUT2D eigenvalue weighted by molar-refractivity contribution is -0.131. The molecule has 1 aromatic rings. The minimum Gasteiger partial charge on any atom is -0.334 e. The highest BCUT2D eigenvalue weighted by atomic mass is 16.2. The molecule has 2 atom stereocenters. The van der Waals surface area contributed by atoms with Gasteiger partial charge in [-0.05, 0) is 31.4 Å². The molecule has 1 aliphatic rings. The lowest BCUT2D eigenvalue weighted by Gasteiger charge is -2.27. The molecule has 0 radical (unpaired) electrons. The van der Waals surface area contributed by atoms with Crippen LogP contribution in [0.4, 0.5) is 0 Å². The topological polar surface area (TPSA) is 32.3 Å². The first-order valence-electron chi connectivity index (χ1n) is 7.36. The lowest BCUT2D eigenvalue weighted by atomic mass is 10.0. The van der Waals surface area contributed by atoms with Gasteiger partial charge < -0.3 is 10.2 Å². The summed E-state index contributed by atoms with van der Waals surface area (Å²) in [6.07, 6.45) is 2.97. The van der Waals surface area contributed by atoms with Gasteiger partial charge in [-0.2, -0.15) is 0 Å². The van der Waals surface area contributed by atoms with Crippen LogP contribution in [0, 0.1) is 0 Å². The number of carbonyl (C=O) groups is 1. The molecular formula is C16H24N2O. The first-order valence-corrected chi connectivity index (χ1v) is 7.36. The van der Waals surface area contributed by atoms with Crippen LogP contribution in [0.2, 0.25) is 0 Å². The number of likely N-dealkylation sites (tertiary alicyclic amines) is 1. The second-order valence-electron chi connectivity index (χ2n) is 5.16. The average Bonchev–Trinajstić information content (AvgIpc) is 2.80. The van der Waals surface area contributed by atoms with Crippen molar-refractivity contribution >= 4 is 5.91 Å². The van der Waals surface area contributed by atoms with Crippen molar-refractivity contribution in [3.8, 4) is 0 Å². The molecule has 19 heavy (non-hydrogen) atoms. The molecule has 1 saturated heterocycles. The Morgan fingerprint density at radius 1 is 1.32 bits per heavy atom. The molecule has 1 aliphatic heterocycles. The van der Waals surface area contributed by atoms with Crippen molar-refractivity contribution in [1.29, 1.82) is 0 Å². The standard InChI is InChI=1S/C16H24N2O/c1-3-11-17-14-10-12-18(16(14)19)15(4-2)13-8-6-5-7-9-13/h5-9,14-15,17H,3-4,10-12H2,1-2H3. The zero-order valence-electron chi connectivity index (χ0n) is 11.9. The second kappa shape index (κ2) is 6.71. The number of nitrogens with zero attached hydrogens (tertiary/aromatic N) is 1. The van der Waals surface area contributed by atoms with E-state index >= 15 is 0 Å². The zero-order valence-corrected chi connectivity index (χ0v) is 11.9. The van der Waals surface area contributed by atoms with Crippen LogP contribution >= 0.6 is 0 Å². The molecule has 1 amide bonds. The van der Waals surface area contributed by atoms with Gasteiger partial charge in [0, 0.05) is 6.54 Å². The molecule has 0 aromatic heterocycles. The minimum atomic E-state index is 0.0257. The Bertz CT molecular complexity index is 404. The number of hydrogen-bond donors (Lipinski definition) is 1. The van der Waals surface area contributed by atoms with Crippen LogP contribution in [-0.4, -0.2) is 29.9 Å². The van der Waals surface area contributed by atoms with E-state index < -0.39 is 0 Å². The van der Waals surface area contributed by atoms with Gasteiger partial charge in [-0.3, -0.25) is 4.79 Å². The van der Waals surface area contributed by atoms with E-state index in [0.717, 1.165) is 32.4 Å². The van der Waals surface area contributed by atoms with E-state index in [1.54, 1.807) is 0 Å². The van der Waals surface area contributed by atoms with Crippen molar-refractivity contribution in [2.75, 3.05) is 13.1 Å². The fraction of sp³-hybridized carbons (Fsp3) is 0.562. The highest BCUT2D eigenvalue weighted by Crippen LogP contribution is 2.28. The smallest absolute Gasteiger partial charge is 0.240 e. The Morgan fingerprint density at radius 3 is 2.68 bits per heavy atom. The Hall–Kier alpha value is -1.35. The summed E-state index contributed by atoms with van der Waals surface area (Å²) >= 11 is 0. The molecule has 3 heteroatoms. The molecular weight excluding hydrogens is 236 g/mol. The van der Waals surface area contributed by atoms with Crippen LogP contribution in [0.15, 0.2) is 30.3 Å². The van der Waals surface area contributed by atoms with Gasteiger partial charge in [0.1, 0.15) is 0 Å². The summed E-state index contributed by atoms with van der Waals surface area (Å²) in [5, 5.41) is 3.35. The Morgan fingerprint density at radius 2 is 2.05 bits per heavy atom. The van der Waals surface area contributed by atoms with E-state index in [1.165, 1.54) is 5.56 Å². The third kappa shape index (κ3) is 3.16. The summed E-state index contributed by atoms with van der Waals surface area (Å²) in [5.41, 5.74) is 1.24. The highest BCUT2D eigenvalue weighted by molar-refractivity contribution is 5.84. The van der Waals surface area contributed by atoms with E-state index in [0.29, 0.717) is 0 Å². The normalized spacial score (nSPS) is 20.8. The first-order chi connectivity index (χ1) is 9.27. The van der Waals surface area contributed by atoms with Crippen molar-refractivity contribution < 1.29 is 4.79 Å². The molecule has 1 fully saturated rings. The van der Waals surface area contributed by atoms with Gasteiger partial charge in [-0.25, -0.2) is 0 Å². The summed E-state index contributed by atoms with van der Waals surface area (Å²) in [5.74, 6) is 0.268. The van der Waals surface area contributed by atoms with Gasteiger partial charge in [0.15, 0.2) is 0 Å². The van der Waals surface area contributed by atoms with E-state index in [1.807, 2.05) is 23.1 Å². The number of carbonyl (C=O) groups excluding carboxylic acids is 1. The fourth-order valence-electron chi connectivity index (χ4n) is 2.83. The van der Waals surface area contributed by atoms with Crippen LogP contribution < -0.4 is 5.32 Å². The van der Waals surface area contributed by atoms with Crippen molar-refractivity contribution in [3.63, 3.8) is 0 Å². The SMILES string of the molecule is CCCNC1CCN(C(CC)c2ccccc2)C1=O. The van der Waals surface area contributed by atoms with Gasteiger partial charge in [-0.1, -0.05) is 44.2 Å². The average molecular weight is 260 g/mol. The van der Waals surface area contributed by atoms with Gasteiger partial charge >= 0.3 is 0 Å². The summed E-state index contributed by atoms with van der Waals surface area (Å²) in [7, 11) is 0. The number of rotatable bonds is 6. The van der Waals surface area contributed by atoms with Crippen LogP contribution in [0.1, 0.15) is 44.7 Å². The second-order valence-corrected chi connectivity index (χ2v) is 5.16. The zero-order chi connectivity index (χ0) is 13.7. The maximum Gasteiger partial charge on any atom is 0.240 e. The quantitative estimate of drug-likeness (QED) is 0.853. The van der Waals surface area contributed by atoms with Gasteiger partial charge in [-0.15, -0.1) is 0 Å². The molecule has 1 N–H and O–H groups in total. The predicted octanol–water partition coefficient (Wildman–Crippen LogP) is 2.74. The number of hydrogen-bond acceptors (Lipinski definition) is 2. The first kappa shape index (κ1) is 14.1. The summed E-state index contributed by atoms with van der Waals surface area (Å²) < 4.78 is 0. The monoisotopic (exact) mass is 260 g/mol. The van der Waals surface area contributed by atoms with E-state index in [9.17, 15) is 4.79 Å². The summed E-state index contributed by atoms with van der Waals surface area (Å²) in [4.78, 5) is 14.5. The van der Waals surface area contributed by atoms with Gasteiger partial charge in [0.05, 0.1) is 12.1 Å². The molecule has 0 bridgehead atoms. The Kier molecular flexibility index (Phi) is 4.97. The molecule has 0 aliphatic carbocycles. The van der Waals surface area contributed by atoms with Gasteiger partial charge in [0.2, 0.25) is 5.91 Å². The Balaban J connectivity index is 2.07. The minimum absolute atomic E-state index is 0.0257. The van der Waals surface area contributed by atoms with Crippen molar-refractivity contribution in [2.24, 2.45) is 0 Å². The predicted molar refractivity (Wildman–Crippen MR) is 77.9 cm³/mol. The Labute approximate surface area is 116 Å². The van der Waals surface area contributed by atoms with Crippen LogP contribution in [0.25, 0.3) is 0 Å². The van der Waals surface area contributed by atoms with Crippen LogP contribution in [0.5, 0.6) is 0 Å². The summed E-state index contributed by atoms with van der Waals surface area (Å²) in [6.45, 7) is 6.07. The third-order valence-corrected chi connectivity index (χ3v) is 3.83. The third-order valence-electron chi connectivity index (χ3n) is 3.83. The molecule has 0 saturated carbocycles. The van der Waals surface area contributed by atoms with Crippen molar-refractivity contribution in [1.82, 2.24) is 10.2 Å². The number of nitrogens with one attached hydrogen (secondary N) is 1. The fourth-order valence-corrected chi connectivity index (χ4v) is 2.83. The van der Waals surface area contributed by atoms with E-state index in [4.69, 9.17) is 0 Å². The van der Waals surface area contributed by atoms with Crippen molar-refractivity contribution in [2.45, 2.75) is 45.2 Å². The van der Waals surface area contributed by atoms with E-state index in [-0.39, 0.29) is 18.0 Å². The van der Waals surface area contributed by atoms with Crippen molar-refractivity contribution in [3.05, 3.63) is 35.9 Å².